The number of fused-ring (bicyclic) bond motifs is 1. The standard InChI is InChI=1S/C22H28N4O5/c1-29-11-9-23-22(24-14-16-4-6-19(7-5-16)26(27)28)25-10-8-17-12-20(30-2)21(31-3)13-18(17)15-25/h4-7,12-13H,8-11,14-15H2,1-3H3,(H,23,24). The second kappa shape index (κ2) is 10.6. The molecule has 1 heterocycles. The van der Waals surface area contributed by atoms with Crippen LogP contribution in [0.5, 0.6) is 11.5 Å². The predicted octanol–water partition coefficient (Wildman–Crippen LogP) is 2.76. The van der Waals surface area contributed by atoms with Gasteiger partial charge in [-0.05, 0) is 35.2 Å². The minimum Gasteiger partial charge on any atom is -0.493 e. The van der Waals surface area contributed by atoms with E-state index in [0.717, 1.165) is 30.2 Å². The Labute approximate surface area is 181 Å². The summed E-state index contributed by atoms with van der Waals surface area (Å²) in [5.41, 5.74) is 3.38. The van der Waals surface area contributed by atoms with Crippen molar-refractivity contribution in [2.45, 2.75) is 19.5 Å². The summed E-state index contributed by atoms with van der Waals surface area (Å²) in [6, 6.07) is 10.5. The smallest absolute Gasteiger partial charge is 0.269 e. The number of rotatable bonds is 8. The van der Waals surface area contributed by atoms with Crippen LogP contribution >= 0.6 is 0 Å². The maximum Gasteiger partial charge on any atom is 0.269 e. The molecule has 166 valence electrons. The Morgan fingerprint density at radius 2 is 1.81 bits per heavy atom. The van der Waals surface area contributed by atoms with Gasteiger partial charge in [-0.15, -0.1) is 0 Å². The first-order valence-electron chi connectivity index (χ1n) is 10.0. The first-order chi connectivity index (χ1) is 15.0. The fourth-order valence-corrected chi connectivity index (χ4v) is 3.49. The van der Waals surface area contributed by atoms with Crippen molar-refractivity contribution in [2.75, 3.05) is 41.0 Å². The summed E-state index contributed by atoms with van der Waals surface area (Å²) >= 11 is 0. The van der Waals surface area contributed by atoms with Crippen molar-refractivity contribution >= 4 is 11.6 Å². The molecule has 0 aliphatic carbocycles. The molecule has 0 unspecified atom stereocenters. The highest BCUT2D eigenvalue weighted by Crippen LogP contribution is 2.33. The van der Waals surface area contributed by atoms with Gasteiger partial charge in [-0.25, -0.2) is 4.99 Å². The second-order valence-electron chi connectivity index (χ2n) is 7.13. The van der Waals surface area contributed by atoms with Gasteiger partial charge in [0.1, 0.15) is 0 Å². The van der Waals surface area contributed by atoms with Crippen LogP contribution in [0.15, 0.2) is 41.4 Å². The minimum atomic E-state index is -0.404. The van der Waals surface area contributed by atoms with Gasteiger partial charge in [-0.2, -0.15) is 0 Å². The number of methoxy groups -OCH3 is 3. The van der Waals surface area contributed by atoms with Crippen molar-refractivity contribution in [1.82, 2.24) is 10.2 Å². The third kappa shape index (κ3) is 5.64. The van der Waals surface area contributed by atoms with E-state index in [0.29, 0.717) is 32.0 Å². The number of nitrogens with one attached hydrogen (secondary N) is 1. The molecule has 2 aromatic rings. The molecule has 0 spiro atoms. The Morgan fingerprint density at radius 1 is 1.13 bits per heavy atom. The van der Waals surface area contributed by atoms with Crippen LogP contribution in [0.4, 0.5) is 5.69 Å². The lowest BCUT2D eigenvalue weighted by molar-refractivity contribution is -0.384. The second-order valence-corrected chi connectivity index (χ2v) is 7.13. The molecule has 0 saturated carbocycles. The van der Waals surface area contributed by atoms with E-state index in [1.165, 1.54) is 23.3 Å². The quantitative estimate of drug-likeness (QED) is 0.227. The third-order valence-electron chi connectivity index (χ3n) is 5.17. The van der Waals surface area contributed by atoms with Gasteiger partial charge in [0.2, 0.25) is 0 Å². The van der Waals surface area contributed by atoms with Gasteiger partial charge < -0.3 is 24.4 Å². The van der Waals surface area contributed by atoms with Crippen molar-refractivity contribution < 1.29 is 19.1 Å². The highest BCUT2D eigenvalue weighted by atomic mass is 16.6. The lowest BCUT2D eigenvalue weighted by Gasteiger charge is -2.32. The average Bonchev–Trinajstić information content (AvgIpc) is 2.80. The SMILES string of the molecule is COCCNC(=NCc1ccc([N+](=O)[O-])cc1)N1CCc2cc(OC)c(OC)cc2C1. The first kappa shape index (κ1) is 22.4. The van der Waals surface area contributed by atoms with Crippen LogP contribution in [0.3, 0.4) is 0 Å². The summed E-state index contributed by atoms with van der Waals surface area (Å²) < 4.78 is 16.0. The number of ether oxygens (including phenoxy) is 3. The highest BCUT2D eigenvalue weighted by Gasteiger charge is 2.22. The summed E-state index contributed by atoms with van der Waals surface area (Å²) in [5, 5.41) is 14.2. The number of hydrogen-bond donors (Lipinski definition) is 1. The maximum absolute atomic E-state index is 10.9. The molecular formula is C22H28N4O5. The Balaban J connectivity index is 1.78. The molecule has 0 saturated heterocycles. The highest BCUT2D eigenvalue weighted by molar-refractivity contribution is 5.80. The molecule has 0 atom stereocenters. The number of nitro benzene ring substituents is 1. The third-order valence-corrected chi connectivity index (χ3v) is 5.17. The van der Waals surface area contributed by atoms with Crippen LogP contribution < -0.4 is 14.8 Å². The fourth-order valence-electron chi connectivity index (χ4n) is 3.49. The molecule has 2 aromatic carbocycles. The molecule has 0 radical (unpaired) electrons. The number of aliphatic imine (C=N–C) groups is 1. The van der Waals surface area contributed by atoms with E-state index >= 15 is 0 Å². The Morgan fingerprint density at radius 3 is 2.42 bits per heavy atom. The van der Waals surface area contributed by atoms with Crippen molar-refractivity contribution in [2.24, 2.45) is 4.99 Å². The predicted molar refractivity (Wildman–Crippen MR) is 118 cm³/mol. The molecule has 0 bridgehead atoms. The molecule has 9 nitrogen and oxygen atoms in total. The largest absolute Gasteiger partial charge is 0.493 e. The number of nitro groups is 1. The summed E-state index contributed by atoms with van der Waals surface area (Å²) in [6.45, 7) is 3.11. The monoisotopic (exact) mass is 428 g/mol. The van der Waals surface area contributed by atoms with Crippen LogP contribution in [0.1, 0.15) is 16.7 Å². The molecule has 0 aromatic heterocycles. The summed E-state index contributed by atoms with van der Waals surface area (Å²) in [5.74, 6) is 2.22. The van der Waals surface area contributed by atoms with Crippen molar-refractivity contribution in [3.05, 3.63) is 63.2 Å². The van der Waals surface area contributed by atoms with E-state index in [2.05, 4.69) is 10.2 Å². The summed E-state index contributed by atoms with van der Waals surface area (Å²) in [7, 11) is 4.93. The number of hydrogen-bond acceptors (Lipinski definition) is 6. The summed E-state index contributed by atoms with van der Waals surface area (Å²) in [4.78, 5) is 17.4. The Bertz CT molecular complexity index is 930. The Hall–Kier alpha value is -3.33. The summed E-state index contributed by atoms with van der Waals surface area (Å²) in [6.07, 6.45) is 0.859. The Kier molecular flexibility index (Phi) is 7.66. The first-order valence-corrected chi connectivity index (χ1v) is 10.0. The molecule has 3 rings (SSSR count). The fraction of sp³-hybridized carbons (Fsp3) is 0.409. The molecule has 0 fully saturated rings. The maximum atomic E-state index is 10.9. The molecule has 1 aliphatic rings. The molecule has 0 amide bonds. The van der Waals surface area contributed by atoms with Gasteiger partial charge in [0.25, 0.3) is 5.69 Å². The zero-order chi connectivity index (χ0) is 22.2. The van der Waals surface area contributed by atoms with Gasteiger partial charge in [0, 0.05) is 38.9 Å². The van der Waals surface area contributed by atoms with E-state index in [1.54, 1.807) is 33.5 Å². The van der Waals surface area contributed by atoms with Gasteiger partial charge in [0.15, 0.2) is 17.5 Å². The van der Waals surface area contributed by atoms with Crippen molar-refractivity contribution in [3.8, 4) is 11.5 Å². The molecule has 1 N–H and O–H groups in total. The number of nitrogens with zero attached hydrogens (tertiary/aromatic N) is 3. The van der Waals surface area contributed by atoms with E-state index < -0.39 is 4.92 Å². The average molecular weight is 428 g/mol. The van der Waals surface area contributed by atoms with Gasteiger partial charge in [0.05, 0.1) is 32.3 Å². The van der Waals surface area contributed by atoms with Crippen LogP contribution in [0.2, 0.25) is 0 Å². The van der Waals surface area contributed by atoms with Gasteiger partial charge >= 0.3 is 0 Å². The van der Waals surface area contributed by atoms with Crippen LogP contribution in [-0.4, -0.2) is 56.8 Å². The van der Waals surface area contributed by atoms with E-state index in [4.69, 9.17) is 19.2 Å². The number of non-ortho nitro benzene ring substituents is 1. The molecule has 1 aliphatic heterocycles. The zero-order valence-corrected chi connectivity index (χ0v) is 18.1. The molecule has 9 heteroatoms. The zero-order valence-electron chi connectivity index (χ0n) is 18.1. The number of guanidine groups is 1. The van der Waals surface area contributed by atoms with Crippen molar-refractivity contribution in [1.29, 1.82) is 0 Å². The van der Waals surface area contributed by atoms with Crippen LogP contribution in [0.25, 0.3) is 0 Å². The normalized spacial score (nSPS) is 13.5. The topological polar surface area (TPSA) is 98.5 Å². The lowest BCUT2D eigenvalue weighted by atomic mass is 9.99. The molecule has 31 heavy (non-hydrogen) atoms. The number of benzene rings is 2. The van der Waals surface area contributed by atoms with Crippen LogP contribution in [0, 0.1) is 10.1 Å². The van der Waals surface area contributed by atoms with Gasteiger partial charge in [-0.3, -0.25) is 10.1 Å². The van der Waals surface area contributed by atoms with E-state index in [9.17, 15) is 10.1 Å². The molecular weight excluding hydrogens is 400 g/mol. The minimum absolute atomic E-state index is 0.0724. The van der Waals surface area contributed by atoms with Crippen LogP contribution in [-0.2, 0) is 24.2 Å². The van der Waals surface area contributed by atoms with Crippen molar-refractivity contribution in [3.63, 3.8) is 0 Å². The van der Waals surface area contributed by atoms with E-state index in [1.807, 2.05) is 12.1 Å². The van der Waals surface area contributed by atoms with E-state index in [-0.39, 0.29) is 5.69 Å². The lowest BCUT2D eigenvalue weighted by Crippen LogP contribution is -2.45. The van der Waals surface area contributed by atoms with Gasteiger partial charge in [-0.1, -0.05) is 12.1 Å².